The first-order valence-electron chi connectivity index (χ1n) is 10.2. The first kappa shape index (κ1) is 20.1. The van der Waals surface area contributed by atoms with Crippen molar-refractivity contribution in [2.24, 2.45) is 0 Å². The number of anilines is 3. The Kier molecular flexibility index (Phi) is 6.87. The van der Waals surface area contributed by atoms with Gasteiger partial charge in [-0.25, -0.2) is 0 Å². The third-order valence-electron chi connectivity index (χ3n) is 5.37. The highest BCUT2D eigenvalue weighted by atomic mass is 16.2. The van der Waals surface area contributed by atoms with E-state index < -0.39 is 0 Å². The van der Waals surface area contributed by atoms with Gasteiger partial charge in [-0.05, 0) is 56.8 Å². The lowest BCUT2D eigenvalue weighted by atomic mass is 10.2. The summed E-state index contributed by atoms with van der Waals surface area (Å²) in [6, 6.07) is 12.1. The molecule has 1 amide bonds. The zero-order valence-electron chi connectivity index (χ0n) is 17.2. The second-order valence-corrected chi connectivity index (χ2v) is 7.00. The highest BCUT2D eigenvalue weighted by Crippen LogP contribution is 2.21. The molecular formula is C22H31N5O. The van der Waals surface area contributed by atoms with Gasteiger partial charge in [0.05, 0.1) is 0 Å². The number of carbonyl (C=O) groups excluding carboxylic acids is 1. The quantitative estimate of drug-likeness (QED) is 0.796. The van der Waals surface area contributed by atoms with Gasteiger partial charge in [-0.1, -0.05) is 6.92 Å². The standard InChI is InChI=1S/C22H31N5O/c1-4-25-13-15-27(16-14-25)22(28)21-17-19(11-12-23-21)24-18-7-9-20(10-8-18)26(5-2)6-3/h7-12,17H,4-6,13-16H2,1-3H3,(H,23,24). The van der Waals surface area contributed by atoms with Gasteiger partial charge in [0.15, 0.2) is 0 Å². The summed E-state index contributed by atoms with van der Waals surface area (Å²) < 4.78 is 0. The third-order valence-corrected chi connectivity index (χ3v) is 5.37. The number of hydrogen-bond donors (Lipinski definition) is 1. The number of aromatic nitrogens is 1. The molecule has 28 heavy (non-hydrogen) atoms. The van der Waals surface area contributed by atoms with Crippen LogP contribution in [0.1, 0.15) is 31.3 Å². The maximum absolute atomic E-state index is 12.8. The molecule has 3 rings (SSSR count). The summed E-state index contributed by atoms with van der Waals surface area (Å²) in [6.07, 6.45) is 1.70. The number of carbonyl (C=O) groups is 1. The minimum atomic E-state index is 0.0104. The molecule has 0 saturated carbocycles. The molecule has 6 nitrogen and oxygen atoms in total. The van der Waals surface area contributed by atoms with E-state index >= 15 is 0 Å². The van der Waals surface area contributed by atoms with Crippen molar-refractivity contribution < 1.29 is 4.79 Å². The van der Waals surface area contributed by atoms with E-state index in [2.05, 4.69) is 65.1 Å². The van der Waals surface area contributed by atoms with Crippen LogP contribution in [0, 0.1) is 0 Å². The van der Waals surface area contributed by atoms with E-state index in [1.807, 2.05) is 17.0 Å². The molecule has 1 saturated heterocycles. The van der Waals surface area contributed by atoms with Gasteiger partial charge in [0.25, 0.3) is 5.91 Å². The molecule has 0 aliphatic carbocycles. The molecule has 1 aromatic carbocycles. The van der Waals surface area contributed by atoms with Gasteiger partial charge in [0.1, 0.15) is 5.69 Å². The van der Waals surface area contributed by atoms with Crippen LogP contribution in [0.4, 0.5) is 17.1 Å². The van der Waals surface area contributed by atoms with E-state index in [9.17, 15) is 4.79 Å². The average Bonchev–Trinajstić information content (AvgIpc) is 2.75. The number of nitrogens with zero attached hydrogens (tertiary/aromatic N) is 4. The molecule has 0 radical (unpaired) electrons. The molecule has 2 aromatic rings. The van der Waals surface area contributed by atoms with E-state index in [0.717, 1.165) is 57.2 Å². The summed E-state index contributed by atoms with van der Waals surface area (Å²) in [4.78, 5) is 23.7. The van der Waals surface area contributed by atoms with Crippen molar-refractivity contribution in [3.63, 3.8) is 0 Å². The number of rotatable bonds is 7. The first-order chi connectivity index (χ1) is 13.6. The molecule has 1 N–H and O–H groups in total. The van der Waals surface area contributed by atoms with Crippen molar-refractivity contribution >= 4 is 23.0 Å². The summed E-state index contributed by atoms with van der Waals surface area (Å²) in [7, 11) is 0. The van der Waals surface area contributed by atoms with Gasteiger partial charge >= 0.3 is 0 Å². The molecule has 6 heteroatoms. The highest BCUT2D eigenvalue weighted by Gasteiger charge is 2.22. The fourth-order valence-corrected chi connectivity index (χ4v) is 3.57. The zero-order chi connectivity index (χ0) is 19.9. The van der Waals surface area contributed by atoms with E-state index in [1.165, 1.54) is 5.69 Å². The smallest absolute Gasteiger partial charge is 0.272 e. The maximum atomic E-state index is 12.8. The fraction of sp³-hybridized carbons (Fsp3) is 0.455. The predicted molar refractivity (Wildman–Crippen MR) is 116 cm³/mol. The summed E-state index contributed by atoms with van der Waals surface area (Å²) >= 11 is 0. The topological polar surface area (TPSA) is 51.7 Å². The van der Waals surface area contributed by atoms with Crippen molar-refractivity contribution in [3.05, 3.63) is 48.3 Å². The number of likely N-dealkylation sites (N-methyl/N-ethyl adjacent to an activating group) is 1. The number of benzene rings is 1. The zero-order valence-corrected chi connectivity index (χ0v) is 17.2. The van der Waals surface area contributed by atoms with Gasteiger partial charge < -0.3 is 20.0 Å². The van der Waals surface area contributed by atoms with E-state index in [-0.39, 0.29) is 5.91 Å². The molecule has 1 aliphatic rings. The second-order valence-electron chi connectivity index (χ2n) is 7.00. The van der Waals surface area contributed by atoms with Crippen LogP contribution in [0.5, 0.6) is 0 Å². The van der Waals surface area contributed by atoms with Gasteiger partial charge in [-0.15, -0.1) is 0 Å². The van der Waals surface area contributed by atoms with Crippen LogP contribution in [0.25, 0.3) is 0 Å². The molecule has 0 spiro atoms. The van der Waals surface area contributed by atoms with E-state index in [0.29, 0.717) is 5.69 Å². The summed E-state index contributed by atoms with van der Waals surface area (Å²) in [5, 5.41) is 3.38. The summed E-state index contributed by atoms with van der Waals surface area (Å²) in [6.45, 7) is 12.9. The van der Waals surface area contributed by atoms with Crippen LogP contribution in [0.15, 0.2) is 42.6 Å². The summed E-state index contributed by atoms with van der Waals surface area (Å²) in [5.74, 6) is 0.0104. The molecule has 0 unspecified atom stereocenters. The third kappa shape index (κ3) is 4.81. The largest absolute Gasteiger partial charge is 0.372 e. The average molecular weight is 382 g/mol. The Bertz CT molecular complexity index is 765. The van der Waals surface area contributed by atoms with Crippen LogP contribution in [-0.4, -0.2) is 66.5 Å². The van der Waals surface area contributed by atoms with E-state index in [1.54, 1.807) is 6.20 Å². The van der Waals surface area contributed by atoms with Crippen LogP contribution in [0.3, 0.4) is 0 Å². The number of pyridine rings is 1. The lowest BCUT2D eigenvalue weighted by molar-refractivity contribution is 0.0637. The molecule has 1 aliphatic heterocycles. The first-order valence-corrected chi connectivity index (χ1v) is 10.2. The van der Waals surface area contributed by atoms with Gasteiger partial charge in [-0.3, -0.25) is 9.78 Å². The number of hydrogen-bond acceptors (Lipinski definition) is 5. The Balaban J connectivity index is 1.65. The fourth-order valence-electron chi connectivity index (χ4n) is 3.57. The summed E-state index contributed by atoms with van der Waals surface area (Å²) in [5.41, 5.74) is 3.58. The van der Waals surface area contributed by atoms with Crippen molar-refractivity contribution in [2.45, 2.75) is 20.8 Å². The van der Waals surface area contributed by atoms with Crippen LogP contribution < -0.4 is 10.2 Å². The Morgan fingerprint density at radius 3 is 2.29 bits per heavy atom. The van der Waals surface area contributed by atoms with Gasteiger partial charge in [0, 0.05) is 62.5 Å². The molecule has 1 aromatic heterocycles. The monoisotopic (exact) mass is 381 g/mol. The number of amides is 1. The molecule has 0 atom stereocenters. The number of nitrogens with one attached hydrogen (secondary N) is 1. The van der Waals surface area contributed by atoms with Crippen LogP contribution in [0.2, 0.25) is 0 Å². The van der Waals surface area contributed by atoms with Crippen LogP contribution >= 0.6 is 0 Å². The SMILES string of the molecule is CCN1CCN(C(=O)c2cc(Nc3ccc(N(CC)CC)cc3)ccn2)CC1. The van der Waals surface area contributed by atoms with Crippen molar-refractivity contribution in [3.8, 4) is 0 Å². The van der Waals surface area contributed by atoms with Crippen molar-refractivity contribution in [2.75, 3.05) is 56.0 Å². The minimum Gasteiger partial charge on any atom is -0.372 e. The Labute approximate surface area is 168 Å². The normalized spacial score (nSPS) is 14.8. The molecule has 150 valence electrons. The lowest BCUT2D eigenvalue weighted by Gasteiger charge is -2.33. The Morgan fingerprint density at radius 2 is 1.68 bits per heavy atom. The van der Waals surface area contributed by atoms with Crippen molar-refractivity contribution in [1.29, 1.82) is 0 Å². The molecular weight excluding hydrogens is 350 g/mol. The molecule has 2 heterocycles. The maximum Gasteiger partial charge on any atom is 0.272 e. The van der Waals surface area contributed by atoms with Crippen LogP contribution in [-0.2, 0) is 0 Å². The highest BCUT2D eigenvalue weighted by molar-refractivity contribution is 5.93. The minimum absolute atomic E-state index is 0.0104. The van der Waals surface area contributed by atoms with Gasteiger partial charge in [0.2, 0.25) is 0 Å². The van der Waals surface area contributed by atoms with E-state index in [4.69, 9.17) is 0 Å². The van der Waals surface area contributed by atoms with Crippen molar-refractivity contribution in [1.82, 2.24) is 14.8 Å². The Hall–Kier alpha value is -2.60. The van der Waals surface area contributed by atoms with Gasteiger partial charge in [-0.2, -0.15) is 0 Å². The lowest BCUT2D eigenvalue weighted by Crippen LogP contribution is -2.48. The predicted octanol–water partition coefficient (Wildman–Crippen LogP) is 3.45. The Morgan fingerprint density at radius 1 is 1.00 bits per heavy atom. The second kappa shape index (κ2) is 9.55. The molecule has 1 fully saturated rings. The molecule has 0 bridgehead atoms. The number of piperazine rings is 1.